The molecule has 148 valence electrons. The van der Waals surface area contributed by atoms with Gasteiger partial charge in [-0.2, -0.15) is 0 Å². The summed E-state index contributed by atoms with van der Waals surface area (Å²) in [6.07, 6.45) is 0.952. The van der Waals surface area contributed by atoms with E-state index in [2.05, 4.69) is 29.3 Å². The summed E-state index contributed by atoms with van der Waals surface area (Å²) in [5.41, 5.74) is 1.99. The Kier molecular flexibility index (Phi) is 6.02. The third-order valence-electron chi connectivity index (χ3n) is 5.41. The van der Waals surface area contributed by atoms with Crippen LogP contribution >= 0.6 is 0 Å². The van der Waals surface area contributed by atoms with Crippen LogP contribution in [0.5, 0.6) is 0 Å². The van der Waals surface area contributed by atoms with Crippen molar-refractivity contribution >= 4 is 23.2 Å². The second-order valence-corrected chi connectivity index (χ2v) is 7.74. The Morgan fingerprint density at radius 1 is 0.929 bits per heavy atom. The van der Waals surface area contributed by atoms with Crippen molar-refractivity contribution in [3.05, 3.63) is 60.2 Å². The largest absolute Gasteiger partial charge is 0.368 e. The number of rotatable bonds is 5. The van der Waals surface area contributed by atoms with E-state index < -0.39 is 5.41 Å². The lowest BCUT2D eigenvalue weighted by Crippen LogP contribution is -2.54. The second kappa shape index (κ2) is 8.46. The number of benzene rings is 2. The minimum Gasteiger partial charge on any atom is -0.368 e. The van der Waals surface area contributed by atoms with E-state index in [1.807, 2.05) is 42.5 Å². The van der Waals surface area contributed by atoms with Crippen molar-refractivity contribution < 1.29 is 9.59 Å². The highest BCUT2D eigenvalue weighted by atomic mass is 16.2. The van der Waals surface area contributed by atoms with E-state index in [0.717, 1.165) is 25.2 Å². The average molecular weight is 380 g/mol. The van der Waals surface area contributed by atoms with Crippen LogP contribution in [0.15, 0.2) is 54.6 Å². The summed E-state index contributed by atoms with van der Waals surface area (Å²) in [4.78, 5) is 29.9. The summed E-state index contributed by atoms with van der Waals surface area (Å²) in [7, 11) is 0. The minimum atomic E-state index is -1.11. The van der Waals surface area contributed by atoms with Gasteiger partial charge in [0, 0.05) is 37.6 Å². The Hall–Kier alpha value is -2.82. The van der Waals surface area contributed by atoms with Crippen molar-refractivity contribution in [1.82, 2.24) is 4.90 Å². The van der Waals surface area contributed by atoms with Crippen molar-refractivity contribution in [3.8, 4) is 0 Å². The molecule has 0 bridgehead atoms. The molecule has 0 saturated carbocycles. The quantitative estimate of drug-likeness (QED) is 0.808. The zero-order chi connectivity index (χ0) is 20.1. The average Bonchev–Trinajstić information content (AvgIpc) is 2.74. The van der Waals surface area contributed by atoms with Gasteiger partial charge in [-0.3, -0.25) is 9.59 Å². The van der Waals surface area contributed by atoms with Gasteiger partial charge in [-0.1, -0.05) is 37.3 Å². The van der Waals surface area contributed by atoms with E-state index in [0.29, 0.717) is 13.1 Å². The van der Waals surface area contributed by atoms with Crippen LogP contribution in [-0.2, 0) is 16.0 Å². The van der Waals surface area contributed by atoms with Crippen LogP contribution in [0.4, 0.5) is 11.4 Å². The highest BCUT2D eigenvalue weighted by Gasteiger charge is 2.40. The third-order valence-corrected chi connectivity index (χ3v) is 5.41. The Morgan fingerprint density at radius 2 is 1.54 bits per heavy atom. The Morgan fingerprint density at radius 3 is 2.11 bits per heavy atom. The fourth-order valence-corrected chi connectivity index (χ4v) is 3.41. The van der Waals surface area contributed by atoms with E-state index in [1.165, 1.54) is 11.3 Å². The highest BCUT2D eigenvalue weighted by Crippen LogP contribution is 2.24. The number of nitrogens with one attached hydrogen (secondary N) is 1. The highest BCUT2D eigenvalue weighted by molar-refractivity contribution is 6.09. The summed E-state index contributed by atoms with van der Waals surface area (Å²) < 4.78 is 0. The molecule has 0 aromatic heterocycles. The number of para-hydroxylation sites is 1. The molecule has 0 radical (unpaired) electrons. The van der Waals surface area contributed by atoms with E-state index >= 15 is 0 Å². The molecule has 0 spiro atoms. The third kappa shape index (κ3) is 4.35. The van der Waals surface area contributed by atoms with Crippen LogP contribution in [0.2, 0.25) is 0 Å². The van der Waals surface area contributed by atoms with Gasteiger partial charge < -0.3 is 15.1 Å². The summed E-state index contributed by atoms with van der Waals surface area (Å²) in [5, 5.41) is 2.89. The van der Waals surface area contributed by atoms with Gasteiger partial charge in [-0.25, -0.2) is 0 Å². The van der Waals surface area contributed by atoms with Crippen molar-refractivity contribution in [1.29, 1.82) is 0 Å². The Labute approximate surface area is 167 Å². The lowest BCUT2D eigenvalue weighted by atomic mass is 9.89. The molecule has 0 atom stereocenters. The molecule has 2 aromatic rings. The Balaban J connectivity index is 1.59. The van der Waals surface area contributed by atoms with Crippen LogP contribution in [0.1, 0.15) is 26.3 Å². The predicted molar refractivity (Wildman–Crippen MR) is 113 cm³/mol. The molecular formula is C23H29N3O2. The topological polar surface area (TPSA) is 52.7 Å². The summed E-state index contributed by atoms with van der Waals surface area (Å²) >= 11 is 0. The van der Waals surface area contributed by atoms with Crippen LogP contribution in [0.3, 0.4) is 0 Å². The molecule has 1 fully saturated rings. The van der Waals surface area contributed by atoms with Crippen LogP contribution in [0.25, 0.3) is 0 Å². The molecule has 1 heterocycles. The van der Waals surface area contributed by atoms with E-state index in [-0.39, 0.29) is 11.8 Å². The first-order valence-electron chi connectivity index (χ1n) is 9.91. The SMILES string of the molecule is CCc1ccc(NC(=O)C(C)(C)C(=O)N2CCN(c3ccccc3)CC2)cc1. The molecule has 3 rings (SSSR count). The monoisotopic (exact) mass is 379 g/mol. The molecule has 1 aliphatic heterocycles. The number of anilines is 2. The van der Waals surface area contributed by atoms with Gasteiger partial charge in [0.25, 0.3) is 0 Å². The molecule has 1 saturated heterocycles. The molecule has 1 aliphatic rings. The van der Waals surface area contributed by atoms with Gasteiger partial charge in [0.2, 0.25) is 11.8 Å². The van der Waals surface area contributed by atoms with Crippen molar-refractivity contribution in [2.75, 3.05) is 36.4 Å². The number of amides is 2. The number of nitrogens with zero attached hydrogens (tertiary/aromatic N) is 2. The maximum absolute atomic E-state index is 13.0. The first-order valence-corrected chi connectivity index (χ1v) is 9.91. The summed E-state index contributed by atoms with van der Waals surface area (Å²) in [6.45, 7) is 8.28. The predicted octanol–water partition coefficient (Wildman–Crippen LogP) is 3.56. The number of carbonyl (C=O) groups is 2. The maximum atomic E-state index is 13.0. The van der Waals surface area contributed by atoms with E-state index in [4.69, 9.17) is 0 Å². The smallest absolute Gasteiger partial charge is 0.239 e. The molecule has 0 aliphatic carbocycles. The number of hydrogen-bond acceptors (Lipinski definition) is 3. The van der Waals surface area contributed by atoms with Crippen molar-refractivity contribution in [2.45, 2.75) is 27.2 Å². The van der Waals surface area contributed by atoms with Crippen LogP contribution < -0.4 is 10.2 Å². The lowest BCUT2D eigenvalue weighted by Gasteiger charge is -2.39. The van der Waals surface area contributed by atoms with Gasteiger partial charge >= 0.3 is 0 Å². The molecule has 2 amide bonds. The number of aryl methyl sites for hydroxylation is 1. The molecule has 5 nitrogen and oxygen atoms in total. The van der Waals surface area contributed by atoms with Crippen LogP contribution in [0, 0.1) is 5.41 Å². The normalized spacial score (nSPS) is 14.7. The zero-order valence-corrected chi connectivity index (χ0v) is 16.9. The molecule has 28 heavy (non-hydrogen) atoms. The van der Waals surface area contributed by atoms with Crippen molar-refractivity contribution in [2.24, 2.45) is 5.41 Å². The summed E-state index contributed by atoms with van der Waals surface area (Å²) in [6, 6.07) is 18.0. The van der Waals surface area contributed by atoms with Crippen molar-refractivity contribution in [3.63, 3.8) is 0 Å². The standard InChI is InChI=1S/C23H29N3O2/c1-4-18-10-12-19(13-11-18)24-21(27)23(2,3)22(28)26-16-14-25(15-17-26)20-8-6-5-7-9-20/h5-13H,4,14-17H2,1-3H3,(H,24,27). The van der Waals surface area contributed by atoms with E-state index in [1.54, 1.807) is 18.7 Å². The summed E-state index contributed by atoms with van der Waals surface area (Å²) in [5.74, 6) is -0.393. The number of piperazine rings is 1. The van der Waals surface area contributed by atoms with Crippen LogP contribution in [-0.4, -0.2) is 42.9 Å². The minimum absolute atomic E-state index is 0.122. The molecule has 5 heteroatoms. The molecule has 1 N–H and O–H groups in total. The number of carbonyl (C=O) groups excluding carboxylic acids is 2. The van der Waals surface area contributed by atoms with Gasteiger partial charge in [-0.05, 0) is 50.1 Å². The second-order valence-electron chi connectivity index (χ2n) is 7.74. The molecular weight excluding hydrogens is 350 g/mol. The zero-order valence-electron chi connectivity index (χ0n) is 16.9. The first kappa shape index (κ1) is 19.9. The van der Waals surface area contributed by atoms with Gasteiger partial charge in [0.15, 0.2) is 0 Å². The first-order chi connectivity index (χ1) is 13.4. The Bertz CT molecular complexity index is 808. The van der Waals surface area contributed by atoms with Gasteiger partial charge in [-0.15, -0.1) is 0 Å². The van der Waals surface area contributed by atoms with Gasteiger partial charge in [0.05, 0.1) is 0 Å². The maximum Gasteiger partial charge on any atom is 0.239 e. The van der Waals surface area contributed by atoms with E-state index in [9.17, 15) is 9.59 Å². The lowest BCUT2D eigenvalue weighted by molar-refractivity contribution is -0.146. The van der Waals surface area contributed by atoms with Gasteiger partial charge in [0.1, 0.15) is 5.41 Å². The fraction of sp³-hybridized carbons (Fsp3) is 0.391. The molecule has 0 unspecified atom stereocenters. The molecule has 2 aromatic carbocycles. The fourth-order valence-electron chi connectivity index (χ4n) is 3.41. The number of hydrogen-bond donors (Lipinski definition) is 1.